The Kier molecular flexibility index (Phi) is 6.48. The van der Waals surface area contributed by atoms with Gasteiger partial charge in [0.05, 0.1) is 12.1 Å². The summed E-state index contributed by atoms with van der Waals surface area (Å²) in [6.07, 6.45) is 1.38. The van der Waals surface area contributed by atoms with Crippen LogP contribution < -0.4 is 5.32 Å². The van der Waals surface area contributed by atoms with Gasteiger partial charge in [0, 0.05) is 38.8 Å². The molecule has 1 fully saturated rings. The highest BCUT2D eigenvalue weighted by molar-refractivity contribution is 5.81. The van der Waals surface area contributed by atoms with E-state index in [0.29, 0.717) is 19.1 Å². The van der Waals surface area contributed by atoms with Gasteiger partial charge in [-0.3, -0.25) is 14.6 Å². The zero-order valence-electron chi connectivity index (χ0n) is 12.3. The molecule has 110 valence electrons. The van der Waals surface area contributed by atoms with Crippen molar-refractivity contribution in [2.75, 3.05) is 32.7 Å². The predicted octanol–water partition coefficient (Wildman–Crippen LogP) is 0.0640. The van der Waals surface area contributed by atoms with Gasteiger partial charge in [0.25, 0.3) is 0 Å². The number of hydrogen-bond acceptors (Lipinski definition) is 4. The molecule has 0 spiro atoms. The molecule has 1 rings (SSSR count). The summed E-state index contributed by atoms with van der Waals surface area (Å²) in [5.74, 6) is 0.0519. The molecule has 2 N–H and O–H groups in total. The van der Waals surface area contributed by atoms with Crippen LogP contribution in [0.25, 0.3) is 0 Å². The largest absolute Gasteiger partial charge is 0.392 e. The fraction of sp³-hybridized carbons (Fsp3) is 0.786. The number of hydrogen-bond donors (Lipinski definition) is 2. The van der Waals surface area contributed by atoms with Gasteiger partial charge in [-0.15, -0.1) is 6.58 Å². The van der Waals surface area contributed by atoms with E-state index in [1.807, 2.05) is 13.8 Å². The van der Waals surface area contributed by atoms with E-state index in [4.69, 9.17) is 0 Å². The van der Waals surface area contributed by atoms with Gasteiger partial charge in [-0.2, -0.15) is 0 Å². The SMILES string of the molecule is C=CCNC(=O)[C@H](C)N1CCN(C[C@H](C)O)[C@H](C)C1. The second-order valence-electron chi connectivity index (χ2n) is 5.40. The lowest BCUT2D eigenvalue weighted by molar-refractivity contribution is -0.126. The van der Waals surface area contributed by atoms with E-state index < -0.39 is 0 Å². The topological polar surface area (TPSA) is 55.8 Å². The lowest BCUT2D eigenvalue weighted by Gasteiger charge is -2.42. The lowest BCUT2D eigenvalue weighted by atomic mass is 10.1. The van der Waals surface area contributed by atoms with E-state index in [2.05, 4.69) is 28.6 Å². The van der Waals surface area contributed by atoms with Crippen LogP contribution in [0.2, 0.25) is 0 Å². The van der Waals surface area contributed by atoms with Crippen LogP contribution in [0.4, 0.5) is 0 Å². The average Bonchev–Trinajstić information content (AvgIpc) is 2.37. The molecular weight excluding hydrogens is 242 g/mol. The first kappa shape index (κ1) is 16.1. The maximum atomic E-state index is 11.9. The van der Waals surface area contributed by atoms with Crippen LogP contribution in [0.3, 0.4) is 0 Å². The Labute approximate surface area is 116 Å². The standard InChI is InChI=1S/C14H27N3O2/c1-5-6-15-14(19)13(4)17-8-7-16(10-12(3)18)11(2)9-17/h5,11-13,18H,1,6-10H2,2-4H3,(H,15,19)/t11-,12+,13+/m1/s1. The van der Waals surface area contributed by atoms with Gasteiger partial charge in [0.1, 0.15) is 0 Å². The number of piperazine rings is 1. The first-order chi connectivity index (χ1) is 8.95. The van der Waals surface area contributed by atoms with Crippen molar-refractivity contribution in [2.45, 2.75) is 39.0 Å². The van der Waals surface area contributed by atoms with Crippen molar-refractivity contribution >= 4 is 5.91 Å². The normalized spacial score (nSPS) is 24.7. The van der Waals surface area contributed by atoms with Crippen LogP contribution >= 0.6 is 0 Å². The van der Waals surface area contributed by atoms with E-state index in [1.54, 1.807) is 6.08 Å². The van der Waals surface area contributed by atoms with E-state index >= 15 is 0 Å². The maximum absolute atomic E-state index is 11.9. The van der Waals surface area contributed by atoms with E-state index in [1.165, 1.54) is 0 Å². The third-order valence-electron chi connectivity index (χ3n) is 3.64. The number of rotatable bonds is 6. The molecule has 1 heterocycles. The van der Waals surface area contributed by atoms with Gasteiger partial charge in [-0.1, -0.05) is 6.08 Å². The van der Waals surface area contributed by atoms with E-state index in [0.717, 1.165) is 19.6 Å². The number of nitrogens with zero attached hydrogens (tertiary/aromatic N) is 2. The molecule has 0 unspecified atom stereocenters. The zero-order chi connectivity index (χ0) is 14.4. The summed E-state index contributed by atoms with van der Waals surface area (Å²) in [7, 11) is 0. The minimum Gasteiger partial charge on any atom is -0.392 e. The Balaban J connectivity index is 2.46. The monoisotopic (exact) mass is 269 g/mol. The minimum absolute atomic E-state index is 0.0519. The molecule has 19 heavy (non-hydrogen) atoms. The highest BCUT2D eigenvalue weighted by atomic mass is 16.3. The Morgan fingerprint density at radius 2 is 2.21 bits per heavy atom. The molecule has 0 aromatic rings. The van der Waals surface area contributed by atoms with Gasteiger partial charge in [-0.05, 0) is 20.8 Å². The maximum Gasteiger partial charge on any atom is 0.237 e. The van der Waals surface area contributed by atoms with Crippen molar-refractivity contribution in [3.8, 4) is 0 Å². The number of amides is 1. The van der Waals surface area contributed by atoms with Crippen LogP contribution in [-0.2, 0) is 4.79 Å². The second kappa shape index (κ2) is 7.62. The van der Waals surface area contributed by atoms with Gasteiger partial charge in [0.15, 0.2) is 0 Å². The van der Waals surface area contributed by atoms with E-state index in [9.17, 15) is 9.90 Å². The average molecular weight is 269 g/mol. The van der Waals surface area contributed by atoms with Crippen LogP contribution in [0, 0.1) is 0 Å². The van der Waals surface area contributed by atoms with Crippen molar-refractivity contribution in [2.24, 2.45) is 0 Å². The molecule has 1 saturated heterocycles. The van der Waals surface area contributed by atoms with Crippen molar-refractivity contribution in [1.29, 1.82) is 0 Å². The van der Waals surface area contributed by atoms with Crippen LogP contribution in [-0.4, -0.2) is 71.7 Å². The molecule has 5 heteroatoms. The molecule has 0 radical (unpaired) electrons. The quantitative estimate of drug-likeness (QED) is 0.670. The summed E-state index contributed by atoms with van der Waals surface area (Å²) < 4.78 is 0. The molecular formula is C14H27N3O2. The highest BCUT2D eigenvalue weighted by Gasteiger charge is 2.29. The Morgan fingerprint density at radius 1 is 1.53 bits per heavy atom. The molecule has 0 bridgehead atoms. The summed E-state index contributed by atoms with van der Waals surface area (Å²) in [5.41, 5.74) is 0. The number of nitrogens with one attached hydrogen (secondary N) is 1. The predicted molar refractivity (Wildman–Crippen MR) is 77.0 cm³/mol. The van der Waals surface area contributed by atoms with Crippen LogP contribution in [0.1, 0.15) is 20.8 Å². The highest BCUT2D eigenvalue weighted by Crippen LogP contribution is 2.12. The summed E-state index contributed by atoms with van der Waals surface area (Å²) >= 11 is 0. The molecule has 0 saturated carbocycles. The smallest absolute Gasteiger partial charge is 0.237 e. The third-order valence-corrected chi connectivity index (χ3v) is 3.64. The number of carbonyl (C=O) groups is 1. The van der Waals surface area contributed by atoms with Crippen molar-refractivity contribution in [1.82, 2.24) is 15.1 Å². The van der Waals surface area contributed by atoms with Gasteiger partial charge < -0.3 is 10.4 Å². The van der Waals surface area contributed by atoms with Gasteiger partial charge in [-0.25, -0.2) is 0 Å². The summed E-state index contributed by atoms with van der Waals surface area (Å²) in [5, 5.41) is 12.3. The molecule has 3 atom stereocenters. The first-order valence-corrected chi connectivity index (χ1v) is 7.00. The zero-order valence-corrected chi connectivity index (χ0v) is 12.3. The lowest BCUT2D eigenvalue weighted by Crippen LogP contribution is -2.58. The van der Waals surface area contributed by atoms with Crippen molar-refractivity contribution < 1.29 is 9.90 Å². The van der Waals surface area contributed by atoms with Crippen molar-refractivity contribution in [3.63, 3.8) is 0 Å². The fourth-order valence-corrected chi connectivity index (χ4v) is 2.47. The van der Waals surface area contributed by atoms with Crippen molar-refractivity contribution in [3.05, 3.63) is 12.7 Å². The van der Waals surface area contributed by atoms with E-state index in [-0.39, 0.29) is 18.1 Å². The molecule has 0 aromatic carbocycles. The first-order valence-electron chi connectivity index (χ1n) is 7.00. The molecule has 5 nitrogen and oxygen atoms in total. The minimum atomic E-state index is -0.303. The molecule has 0 aromatic heterocycles. The summed E-state index contributed by atoms with van der Waals surface area (Å²) in [6, 6.07) is 0.245. The second-order valence-corrected chi connectivity index (χ2v) is 5.40. The fourth-order valence-electron chi connectivity index (χ4n) is 2.47. The summed E-state index contributed by atoms with van der Waals surface area (Å²) in [6.45, 7) is 13.3. The Morgan fingerprint density at radius 3 is 2.74 bits per heavy atom. The molecule has 0 aliphatic carbocycles. The number of aliphatic hydroxyl groups is 1. The Bertz CT molecular complexity index is 307. The van der Waals surface area contributed by atoms with Crippen LogP contribution in [0.15, 0.2) is 12.7 Å². The summed E-state index contributed by atoms with van der Waals surface area (Å²) in [4.78, 5) is 16.4. The Hall–Kier alpha value is -0.910. The third kappa shape index (κ3) is 4.93. The van der Waals surface area contributed by atoms with Gasteiger partial charge in [0.2, 0.25) is 5.91 Å². The number of β-amino-alcohol motifs (C(OH)–C–C–N with tert-alkyl or cyclic N) is 1. The molecule has 1 aliphatic heterocycles. The number of carbonyl (C=O) groups excluding carboxylic acids is 1. The molecule has 1 amide bonds. The van der Waals surface area contributed by atoms with Gasteiger partial charge >= 0.3 is 0 Å². The molecule has 1 aliphatic rings. The number of aliphatic hydroxyl groups excluding tert-OH is 1. The van der Waals surface area contributed by atoms with Crippen LogP contribution in [0.5, 0.6) is 0 Å².